The van der Waals surface area contributed by atoms with Crippen LogP contribution >= 0.6 is 0 Å². The molecular weight excluding hydrogens is 274 g/mol. The van der Waals surface area contributed by atoms with Gasteiger partial charge in [-0.1, -0.05) is 6.07 Å². The quantitative estimate of drug-likeness (QED) is 0.667. The molecule has 1 aliphatic rings. The van der Waals surface area contributed by atoms with Crippen LogP contribution in [0.25, 0.3) is 0 Å². The van der Waals surface area contributed by atoms with Crippen molar-refractivity contribution in [1.29, 1.82) is 0 Å². The van der Waals surface area contributed by atoms with Crippen LogP contribution in [-0.2, 0) is 0 Å². The van der Waals surface area contributed by atoms with Crippen molar-refractivity contribution in [3.8, 4) is 0 Å². The van der Waals surface area contributed by atoms with Gasteiger partial charge in [-0.15, -0.1) is 0 Å². The van der Waals surface area contributed by atoms with Crippen LogP contribution in [0, 0.1) is 11.6 Å². The number of guanidine groups is 1. The van der Waals surface area contributed by atoms with Gasteiger partial charge in [0.25, 0.3) is 0 Å². The summed E-state index contributed by atoms with van der Waals surface area (Å²) in [5, 5.41) is 0. The second kappa shape index (κ2) is 6.39. The Kier molecular flexibility index (Phi) is 4.77. The lowest BCUT2D eigenvalue weighted by Crippen LogP contribution is -2.36. The second-order valence-corrected chi connectivity index (χ2v) is 5.66. The van der Waals surface area contributed by atoms with E-state index in [4.69, 9.17) is 5.73 Å². The maximum atomic E-state index is 13.9. The Morgan fingerprint density at radius 1 is 1.29 bits per heavy atom. The molecule has 0 bridgehead atoms. The van der Waals surface area contributed by atoms with Gasteiger partial charge in [0.1, 0.15) is 11.6 Å². The largest absolute Gasteiger partial charge is 0.370 e. The van der Waals surface area contributed by atoms with Crippen molar-refractivity contribution in [3.63, 3.8) is 0 Å². The normalized spacial score (nSPS) is 17.1. The van der Waals surface area contributed by atoms with Crippen LogP contribution in [0.5, 0.6) is 0 Å². The second-order valence-electron chi connectivity index (χ2n) is 5.66. The van der Waals surface area contributed by atoms with E-state index in [0.29, 0.717) is 12.0 Å². The zero-order valence-corrected chi connectivity index (χ0v) is 12.7. The van der Waals surface area contributed by atoms with Gasteiger partial charge in [-0.05, 0) is 39.1 Å². The highest BCUT2D eigenvalue weighted by Gasteiger charge is 2.28. The summed E-state index contributed by atoms with van der Waals surface area (Å²) in [6, 6.07) is 3.85. The van der Waals surface area contributed by atoms with Crippen LogP contribution in [0.3, 0.4) is 0 Å². The number of likely N-dealkylation sites (N-methyl/N-ethyl adjacent to an activating group) is 1. The molecule has 0 aliphatic heterocycles. The zero-order valence-electron chi connectivity index (χ0n) is 12.7. The summed E-state index contributed by atoms with van der Waals surface area (Å²) in [6.07, 6.45) is 2.23. The molecular formula is C15H22F2N4. The monoisotopic (exact) mass is 296 g/mol. The van der Waals surface area contributed by atoms with Gasteiger partial charge in [0.15, 0.2) is 5.96 Å². The highest BCUT2D eigenvalue weighted by atomic mass is 19.1. The lowest BCUT2D eigenvalue weighted by Gasteiger charge is -2.25. The van der Waals surface area contributed by atoms with Crippen LogP contribution < -0.4 is 5.73 Å². The lowest BCUT2D eigenvalue weighted by molar-refractivity contribution is 0.289. The van der Waals surface area contributed by atoms with Gasteiger partial charge in [0, 0.05) is 18.7 Å². The molecule has 0 aromatic heterocycles. The van der Waals surface area contributed by atoms with Gasteiger partial charge >= 0.3 is 0 Å². The molecule has 0 radical (unpaired) electrons. The first-order chi connectivity index (χ1) is 9.91. The Morgan fingerprint density at radius 3 is 2.33 bits per heavy atom. The van der Waals surface area contributed by atoms with Crippen LogP contribution in [0.2, 0.25) is 0 Å². The number of benzene rings is 1. The molecule has 1 fully saturated rings. The highest BCUT2D eigenvalue weighted by Crippen LogP contribution is 2.26. The van der Waals surface area contributed by atoms with E-state index < -0.39 is 17.7 Å². The van der Waals surface area contributed by atoms with E-state index in [1.807, 2.05) is 11.9 Å². The van der Waals surface area contributed by atoms with Crippen LogP contribution in [0.15, 0.2) is 23.2 Å². The minimum absolute atomic E-state index is 0.0353. The van der Waals surface area contributed by atoms with Crippen molar-refractivity contribution in [2.24, 2.45) is 10.7 Å². The molecule has 1 atom stereocenters. The summed E-state index contributed by atoms with van der Waals surface area (Å²) in [5.74, 6) is -0.697. The summed E-state index contributed by atoms with van der Waals surface area (Å²) < 4.78 is 27.9. The summed E-state index contributed by atoms with van der Waals surface area (Å²) in [6.45, 7) is 0.216. The number of hydrogen-bond donors (Lipinski definition) is 1. The van der Waals surface area contributed by atoms with Crippen LogP contribution in [-0.4, -0.2) is 49.5 Å². The summed E-state index contributed by atoms with van der Waals surface area (Å²) in [7, 11) is 5.44. The van der Waals surface area contributed by atoms with Gasteiger partial charge in [0.2, 0.25) is 0 Å². The number of nitrogens with zero attached hydrogens (tertiary/aromatic N) is 3. The SMILES string of the molecule is CN(C)C(CN=C(N)N(C)C1CC1)c1c(F)cccc1F. The third-order valence-electron chi connectivity index (χ3n) is 3.84. The maximum absolute atomic E-state index is 13.9. The van der Waals surface area contributed by atoms with E-state index in [1.54, 1.807) is 19.0 Å². The number of nitrogens with two attached hydrogens (primary N) is 1. The number of hydrogen-bond acceptors (Lipinski definition) is 2. The van der Waals surface area contributed by atoms with E-state index in [-0.39, 0.29) is 12.1 Å². The molecule has 0 saturated heterocycles. The Morgan fingerprint density at radius 2 is 1.86 bits per heavy atom. The molecule has 116 valence electrons. The molecule has 0 spiro atoms. The average Bonchev–Trinajstić information content (AvgIpc) is 3.24. The van der Waals surface area contributed by atoms with Crippen molar-refractivity contribution >= 4 is 5.96 Å². The standard InChI is InChI=1S/C15H22F2N4/c1-20(2)13(14-11(16)5-4-6-12(14)17)9-19-15(18)21(3)10-7-8-10/h4-6,10,13H,7-9H2,1-3H3,(H2,18,19). The fourth-order valence-electron chi connectivity index (χ4n) is 2.28. The van der Waals surface area contributed by atoms with Crippen molar-refractivity contribution in [2.45, 2.75) is 24.9 Å². The molecule has 1 aromatic rings. The average molecular weight is 296 g/mol. The molecule has 2 N–H and O–H groups in total. The van der Waals surface area contributed by atoms with Crippen molar-refractivity contribution in [2.75, 3.05) is 27.7 Å². The summed E-state index contributed by atoms with van der Waals surface area (Å²) in [5.41, 5.74) is 5.97. The van der Waals surface area contributed by atoms with E-state index in [9.17, 15) is 8.78 Å². The molecule has 6 heteroatoms. The van der Waals surface area contributed by atoms with Gasteiger partial charge in [0.05, 0.1) is 12.6 Å². The summed E-state index contributed by atoms with van der Waals surface area (Å²) in [4.78, 5) is 7.98. The predicted molar refractivity (Wildman–Crippen MR) is 80.1 cm³/mol. The van der Waals surface area contributed by atoms with Gasteiger partial charge < -0.3 is 15.5 Å². The number of aliphatic imine (C=N–C) groups is 1. The van der Waals surface area contributed by atoms with Crippen molar-refractivity contribution < 1.29 is 8.78 Å². The molecule has 21 heavy (non-hydrogen) atoms. The van der Waals surface area contributed by atoms with Crippen LogP contribution in [0.4, 0.5) is 8.78 Å². The predicted octanol–water partition coefficient (Wildman–Crippen LogP) is 1.98. The Hall–Kier alpha value is -1.69. The fourth-order valence-corrected chi connectivity index (χ4v) is 2.28. The maximum Gasteiger partial charge on any atom is 0.191 e. The molecule has 1 unspecified atom stereocenters. The Labute approximate surface area is 124 Å². The topological polar surface area (TPSA) is 44.9 Å². The minimum Gasteiger partial charge on any atom is -0.370 e. The summed E-state index contributed by atoms with van der Waals surface area (Å²) >= 11 is 0. The Bertz CT molecular complexity index is 506. The molecule has 4 nitrogen and oxygen atoms in total. The van der Waals surface area contributed by atoms with Crippen molar-refractivity contribution in [3.05, 3.63) is 35.4 Å². The molecule has 1 aliphatic carbocycles. The smallest absolute Gasteiger partial charge is 0.191 e. The van der Waals surface area contributed by atoms with Crippen LogP contribution in [0.1, 0.15) is 24.4 Å². The Balaban J connectivity index is 2.18. The van der Waals surface area contributed by atoms with E-state index in [1.165, 1.54) is 18.2 Å². The molecule has 1 saturated carbocycles. The minimum atomic E-state index is -0.557. The van der Waals surface area contributed by atoms with E-state index in [2.05, 4.69) is 4.99 Å². The highest BCUT2D eigenvalue weighted by molar-refractivity contribution is 5.78. The molecule has 0 heterocycles. The molecule has 0 amide bonds. The third-order valence-corrected chi connectivity index (χ3v) is 3.84. The zero-order chi connectivity index (χ0) is 15.6. The first kappa shape index (κ1) is 15.7. The van der Waals surface area contributed by atoms with Gasteiger partial charge in [-0.2, -0.15) is 0 Å². The number of halogens is 2. The lowest BCUT2D eigenvalue weighted by atomic mass is 10.0. The fraction of sp³-hybridized carbons (Fsp3) is 0.533. The van der Waals surface area contributed by atoms with Crippen molar-refractivity contribution in [1.82, 2.24) is 9.80 Å². The molecule has 1 aromatic carbocycles. The number of rotatable bonds is 5. The first-order valence-corrected chi connectivity index (χ1v) is 7.05. The molecule has 2 rings (SSSR count). The third kappa shape index (κ3) is 3.69. The van der Waals surface area contributed by atoms with E-state index in [0.717, 1.165) is 12.8 Å². The van der Waals surface area contributed by atoms with Gasteiger partial charge in [-0.25, -0.2) is 8.78 Å². The first-order valence-electron chi connectivity index (χ1n) is 7.05. The van der Waals surface area contributed by atoms with E-state index >= 15 is 0 Å². The van der Waals surface area contributed by atoms with Gasteiger partial charge in [-0.3, -0.25) is 4.99 Å².